The van der Waals surface area contributed by atoms with E-state index in [0.29, 0.717) is 17.7 Å². The second-order valence-corrected chi connectivity index (χ2v) is 5.83. The highest BCUT2D eigenvalue weighted by Gasteiger charge is 2.29. The van der Waals surface area contributed by atoms with Gasteiger partial charge in [-0.05, 0) is 48.9 Å². The predicted octanol–water partition coefficient (Wildman–Crippen LogP) is 3.74. The van der Waals surface area contributed by atoms with E-state index in [2.05, 4.69) is 36.5 Å². The minimum Gasteiger partial charge on any atom is -0.508 e. The fraction of sp³-hybridized carbons (Fsp3) is 0.333. The molecule has 1 aliphatic carbocycles. The van der Waals surface area contributed by atoms with Gasteiger partial charge in [0.15, 0.2) is 0 Å². The molecule has 2 aromatic rings. The third-order valence-electron chi connectivity index (χ3n) is 4.18. The Hall–Kier alpha value is -1.80. The Morgan fingerprint density at radius 2 is 1.85 bits per heavy atom. The molecular weight excluding hydrogens is 246 g/mol. The third-order valence-corrected chi connectivity index (χ3v) is 4.18. The number of hydrogen-bond donors (Lipinski definition) is 2. The van der Waals surface area contributed by atoms with Crippen LogP contribution in [0, 0.1) is 6.92 Å². The van der Waals surface area contributed by atoms with Gasteiger partial charge in [0.05, 0.1) is 0 Å². The number of hydrogen-bond acceptors (Lipinski definition) is 2. The van der Waals surface area contributed by atoms with E-state index in [1.807, 2.05) is 12.1 Å². The third kappa shape index (κ3) is 3.02. The lowest BCUT2D eigenvalue weighted by Gasteiger charge is -2.36. The molecule has 0 atom stereocenters. The lowest BCUT2D eigenvalue weighted by atomic mass is 9.75. The lowest BCUT2D eigenvalue weighted by molar-refractivity contribution is 0.289. The maximum atomic E-state index is 9.25. The molecule has 0 unspecified atom stereocenters. The van der Waals surface area contributed by atoms with Crippen LogP contribution in [-0.2, 0) is 6.54 Å². The molecular formula is C18H21NO. The van der Waals surface area contributed by atoms with Gasteiger partial charge in [-0.1, -0.05) is 42.0 Å². The minimum atomic E-state index is 0.330. The fourth-order valence-corrected chi connectivity index (χ4v) is 2.86. The van der Waals surface area contributed by atoms with Crippen molar-refractivity contribution in [1.82, 2.24) is 5.32 Å². The Morgan fingerprint density at radius 3 is 2.55 bits per heavy atom. The number of aromatic hydroxyl groups is 1. The van der Waals surface area contributed by atoms with Crippen molar-refractivity contribution in [1.29, 1.82) is 0 Å². The predicted molar refractivity (Wildman–Crippen MR) is 81.9 cm³/mol. The van der Waals surface area contributed by atoms with Crippen molar-refractivity contribution >= 4 is 0 Å². The van der Waals surface area contributed by atoms with Crippen molar-refractivity contribution in [3.8, 4) is 5.75 Å². The van der Waals surface area contributed by atoms with E-state index >= 15 is 0 Å². The van der Waals surface area contributed by atoms with Crippen molar-refractivity contribution in [2.45, 2.75) is 38.3 Å². The monoisotopic (exact) mass is 267 g/mol. The van der Waals surface area contributed by atoms with E-state index in [-0.39, 0.29) is 0 Å². The van der Waals surface area contributed by atoms with Crippen LogP contribution in [0.5, 0.6) is 5.75 Å². The van der Waals surface area contributed by atoms with Crippen LogP contribution in [-0.4, -0.2) is 11.1 Å². The molecule has 0 amide bonds. The maximum absolute atomic E-state index is 9.25. The number of nitrogens with one attached hydrogen (secondary N) is 1. The van der Waals surface area contributed by atoms with Gasteiger partial charge in [-0.15, -0.1) is 0 Å². The maximum Gasteiger partial charge on any atom is 0.115 e. The van der Waals surface area contributed by atoms with E-state index < -0.39 is 0 Å². The average molecular weight is 267 g/mol. The molecule has 0 aromatic heterocycles. The molecule has 2 nitrogen and oxygen atoms in total. The molecule has 2 heteroatoms. The summed E-state index contributed by atoms with van der Waals surface area (Å²) in [6.45, 7) is 3.04. The van der Waals surface area contributed by atoms with Crippen LogP contribution in [0.25, 0.3) is 0 Å². The molecule has 2 aromatic carbocycles. The number of benzene rings is 2. The molecule has 1 aliphatic rings. The molecule has 3 rings (SSSR count). The van der Waals surface area contributed by atoms with Crippen molar-refractivity contribution in [3.05, 3.63) is 65.2 Å². The van der Waals surface area contributed by atoms with Gasteiger partial charge in [0, 0.05) is 12.6 Å². The van der Waals surface area contributed by atoms with E-state index in [9.17, 15) is 5.11 Å². The minimum absolute atomic E-state index is 0.330. The van der Waals surface area contributed by atoms with Gasteiger partial charge in [0.2, 0.25) is 0 Å². The molecule has 1 saturated carbocycles. The zero-order valence-electron chi connectivity index (χ0n) is 11.8. The Balaban J connectivity index is 1.48. The van der Waals surface area contributed by atoms with Gasteiger partial charge in [-0.25, -0.2) is 0 Å². The van der Waals surface area contributed by atoms with Crippen LogP contribution in [0.3, 0.4) is 0 Å². The SMILES string of the molecule is Cc1cccc(C2CC(NCc3ccc(O)cc3)C2)c1. The smallest absolute Gasteiger partial charge is 0.115 e. The first-order chi connectivity index (χ1) is 9.70. The van der Waals surface area contributed by atoms with E-state index in [1.165, 1.54) is 29.5 Å². The highest BCUT2D eigenvalue weighted by Crippen LogP contribution is 2.37. The Morgan fingerprint density at radius 1 is 1.10 bits per heavy atom. The second kappa shape index (κ2) is 5.68. The van der Waals surface area contributed by atoms with Gasteiger partial charge < -0.3 is 10.4 Å². The number of phenols is 1. The quantitative estimate of drug-likeness (QED) is 0.884. The topological polar surface area (TPSA) is 32.3 Å². The molecule has 0 aliphatic heterocycles. The van der Waals surface area contributed by atoms with Crippen molar-refractivity contribution in [3.63, 3.8) is 0 Å². The molecule has 0 heterocycles. The number of aryl methyl sites for hydroxylation is 1. The first-order valence-corrected chi connectivity index (χ1v) is 7.28. The van der Waals surface area contributed by atoms with Crippen LogP contribution in [0.1, 0.15) is 35.4 Å². The molecule has 0 spiro atoms. The van der Waals surface area contributed by atoms with Crippen LogP contribution in [0.4, 0.5) is 0 Å². The molecule has 20 heavy (non-hydrogen) atoms. The average Bonchev–Trinajstić information content (AvgIpc) is 2.39. The first kappa shape index (κ1) is 13.2. The summed E-state index contributed by atoms with van der Waals surface area (Å²) in [5.41, 5.74) is 4.05. The summed E-state index contributed by atoms with van der Waals surface area (Å²) in [5.74, 6) is 1.05. The standard InChI is InChI=1S/C18H21NO/c1-13-3-2-4-15(9-13)16-10-17(11-16)19-12-14-5-7-18(20)8-6-14/h2-9,16-17,19-20H,10-12H2,1H3. The Bertz CT molecular complexity index is 570. The van der Waals surface area contributed by atoms with Gasteiger partial charge in [0.25, 0.3) is 0 Å². The van der Waals surface area contributed by atoms with Crippen LogP contribution < -0.4 is 5.32 Å². The zero-order valence-corrected chi connectivity index (χ0v) is 11.8. The molecule has 1 fully saturated rings. The normalized spacial score (nSPS) is 21.4. The van der Waals surface area contributed by atoms with Gasteiger partial charge in [0.1, 0.15) is 5.75 Å². The zero-order chi connectivity index (χ0) is 13.9. The molecule has 0 bridgehead atoms. The summed E-state index contributed by atoms with van der Waals surface area (Å²) in [6, 6.07) is 16.9. The van der Waals surface area contributed by atoms with Crippen LogP contribution in [0.15, 0.2) is 48.5 Å². The highest BCUT2D eigenvalue weighted by molar-refractivity contribution is 5.28. The van der Waals surface area contributed by atoms with Gasteiger partial charge in [-0.3, -0.25) is 0 Å². The Kier molecular flexibility index (Phi) is 3.75. The van der Waals surface area contributed by atoms with E-state index in [0.717, 1.165) is 6.54 Å². The molecule has 2 N–H and O–H groups in total. The summed E-state index contributed by atoms with van der Waals surface area (Å²) in [6.07, 6.45) is 2.45. The van der Waals surface area contributed by atoms with Crippen molar-refractivity contribution < 1.29 is 5.11 Å². The lowest BCUT2D eigenvalue weighted by Crippen LogP contribution is -2.39. The largest absolute Gasteiger partial charge is 0.508 e. The number of rotatable bonds is 4. The molecule has 0 radical (unpaired) electrons. The van der Waals surface area contributed by atoms with Gasteiger partial charge >= 0.3 is 0 Å². The van der Waals surface area contributed by atoms with Crippen LogP contribution >= 0.6 is 0 Å². The van der Waals surface area contributed by atoms with Crippen molar-refractivity contribution in [2.24, 2.45) is 0 Å². The van der Waals surface area contributed by atoms with E-state index in [1.54, 1.807) is 12.1 Å². The highest BCUT2D eigenvalue weighted by atomic mass is 16.3. The first-order valence-electron chi connectivity index (χ1n) is 7.28. The molecule has 0 saturated heterocycles. The summed E-state index contributed by atoms with van der Waals surface area (Å²) in [5, 5.41) is 12.8. The Labute approximate surface area is 120 Å². The molecule has 104 valence electrons. The summed E-state index contributed by atoms with van der Waals surface area (Å²) < 4.78 is 0. The summed E-state index contributed by atoms with van der Waals surface area (Å²) in [4.78, 5) is 0. The second-order valence-electron chi connectivity index (χ2n) is 5.83. The van der Waals surface area contributed by atoms with Crippen LogP contribution in [0.2, 0.25) is 0 Å². The van der Waals surface area contributed by atoms with E-state index in [4.69, 9.17) is 0 Å². The number of phenolic OH excluding ortho intramolecular Hbond substituents is 1. The van der Waals surface area contributed by atoms with Crippen molar-refractivity contribution in [2.75, 3.05) is 0 Å². The van der Waals surface area contributed by atoms with Gasteiger partial charge in [-0.2, -0.15) is 0 Å². The fourth-order valence-electron chi connectivity index (χ4n) is 2.86. The summed E-state index contributed by atoms with van der Waals surface area (Å²) in [7, 11) is 0. The summed E-state index contributed by atoms with van der Waals surface area (Å²) >= 11 is 0.